The van der Waals surface area contributed by atoms with Crippen LogP contribution < -0.4 is 0 Å². The molecule has 3 aromatic heterocycles. The van der Waals surface area contributed by atoms with E-state index in [1.54, 1.807) is 0 Å². The van der Waals surface area contributed by atoms with Gasteiger partial charge in [-0.25, -0.2) is 0 Å². The number of benzene rings is 7. The fourth-order valence-electron chi connectivity index (χ4n) is 9.62. The summed E-state index contributed by atoms with van der Waals surface area (Å²) in [5.74, 6) is 0. The van der Waals surface area contributed by atoms with Gasteiger partial charge in [-0.15, -0.1) is 0 Å². The molecule has 0 spiro atoms. The first-order chi connectivity index (χ1) is 25.8. The summed E-state index contributed by atoms with van der Waals surface area (Å²) in [5.41, 5.74) is 14.1. The number of rotatable bonds is 3. The quantitative estimate of drug-likeness (QED) is 0.176. The van der Waals surface area contributed by atoms with E-state index in [0.717, 1.165) is 0 Å². The van der Waals surface area contributed by atoms with Crippen LogP contribution in [-0.2, 0) is 10.8 Å². The van der Waals surface area contributed by atoms with Gasteiger partial charge < -0.3 is 13.7 Å². The Hall–Kier alpha value is -6.06. The van der Waals surface area contributed by atoms with Crippen LogP contribution in [-0.4, -0.2) is 13.7 Å². The summed E-state index contributed by atoms with van der Waals surface area (Å²) < 4.78 is 7.38. The second kappa shape index (κ2) is 10.7. The first-order valence-electron chi connectivity index (χ1n) is 19.0. The van der Waals surface area contributed by atoms with Crippen molar-refractivity contribution in [1.29, 1.82) is 0 Å². The van der Waals surface area contributed by atoms with Gasteiger partial charge >= 0.3 is 0 Å². The van der Waals surface area contributed by atoms with Crippen molar-refractivity contribution in [2.45, 2.75) is 51.4 Å². The van der Waals surface area contributed by atoms with E-state index in [1.165, 1.54) is 106 Å². The Balaban J connectivity index is 1.23. The molecule has 0 bridgehead atoms. The van der Waals surface area contributed by atoms with Gasteiger partial charge in [0.05, 0.1) is 33.1 Å². The fourth-order valence-corrected chi connectivity index (χ4v) is 9.62. The van der Waals surface area contributed by atoms with Gasteiger partial charge in [0, 0.05) is 49.4 Å². The number of aromatic nitrogens is 3. The Bertz CT molecular complexity index is 3040. The van der Waals surface area contributed by atoms with Gasteiger partial charge in [0.1, 0.15) is 0 Å². The SMILES string of the molecule is CC1(C)CCC(C)(C)c2cc3c(cc21)c1cc2c4ccccc4n(-c4ccccc4)c2cc1n3-c1ccc(-n2c3ccccc3c3ccccc32)cc1. The highest BCUT2D eigenvalue weighted by Gasteiger charge is 2.38. The average Bonchev–Trinajstić information content (AvgIpc) is 3.81. The van der Waals surface area contributed by atoms with Gasteiger partial charge in [-0.3, -0.25) is 0 Å². The molecule has 0 saturated heterocycles. The highest BCUT2D eigenvalue weighted by molar-refractivity contribution is 6.19. The molecule has 0 aliphatic heterocycles. The van der Waals surface area contributed by atoms with Crippen molar-refractivity contribution in [2.24, 2.45) is 0 Å². The minimum Gasteiger partial charge on any atom is -0.309 e. The van der Waals surface area contributed by atoms with Crippen molar-refractivity contribution in [3.63, 3.8) is 0 Å². The topological polar surface area (TPSA) is 14.8 Å². The van der Waals surface area contributed by atoms with Crippen molar-refractivity contribution < 1.29 is 0 Å². The van der Waals surface area contributed by atoms with E-state index in [9.17, 15) is 0 Å². The smallest absolute Gasteiger partial charge is 0.0562 e. The summed E-state index contributed by atoms with van der Waals surface area (Å²) in [7, 11) is 0. The molecule has 11 rings (SSSR count). The number of hydrogen-bond donors (Lipinski definition) is 0. The third kappa shape index (κ3) is 4.28. The first kappa shape index (κ1) is 30.6. The zero-order chi connectivity index (χ0) is 35.6. The van der Waals surface area contributed by atoms with Crippen molar-refractivity contribution in [1.82, 2.24) is 13.7 Å². The molecule has 3 heteroatoms. The molecule has 0 saturated carbocycles. The van der Waals surface area contributed by atoms with Crippen molar-refractivity contribution in [3.05, 3.63) is 163 Å². The summed E-state index contributed by atoms with van der Waals surface area (Å²) >= 11 is 0. The van der Waals surface area contributed by atoms with Crippen LogP contribution in [0.2, 0.25) is 0 Å². The van der Waals surface area contributed by atoms with Crippen LogP contribution in [0.5, 0.6) is 0 Å². The van der Waals surface area contributed by atoms with Gasteiger partial charge in [0.25, 0.3) is 0 Å². The summed E-state index contributed by atoms with van der Waals surface area (Å²) in [6, 6.07) is 56.5. The number of fused-ring (bicyclic) bond motifs is 10. The molecule has 3 nitrogen and oxygen atoms in total. The number of nitrogens with zero attached hydrogens (tertiary/aromatic N) is 3. The number of para-hydroxylation sites is 4. The van der Waals surface area contributed by atoms with E-state index in [4.69, 9.17) is 0 Å². The maximum absolute atomic E-state index is 2.55. The van der Waals surface area contributed by atoms with Crippen molar-refractivity contribution >= 4 is 65.4 Å². The Morgan fingerprint density at radius 2 is 0.679 bits per heavy atom. The fraction of sp³-hybridized carbons (Fsp3) is 0.160. The normalized spacial score (nSPS) is 15.3. The Morgan fingerprint density at radius 3 is 1.23 bits per heavy atom. The second-order valence-corrected chi connectivity index (χ2v) is 16.5. The zero-order valence-electron chi connectivity index (χ0n) is 30.7. The van der Waals surface area contributed by atoms with Gasteiger partial charge in [0.15, 0.2) is 0 Å². The molecular weight excluding hydrogens is 643 g/mol. The lowest BCUT2D eigenvalue weighted by Gasteiger charge is -2.42. The van der Waals surface area contributed by atoms with Crippen LogP contribution in [0.15, 0.2) is 152 Å². The molecule has 256 valence electrons. The van der Waals surface area contributed by atoms with Crippen LogP contribution >= 0.6 is 0 Å². The highest BCUT2D eigenvalue weighted by atomic mass is 15.0. The van der Waals surface area contributed by atoms with Crippen LogP contribution in [0.25, 0.3) is 82.5 Å². The predicted molar refractivity (Wildman–Crippen MR) is 225 cm³/mol. The minimum absolute atomic E-state index is 0.103. The Labute approximate surface area is 309 Å². The standard InChI is InChI=1S/C50H41N3/c1-49(2)26-27-50(3,4)42-30-46-40(29-41(42)49)39-28-38-37-18-10-13-21-45(37)52(32-14-6-5-7-15-32)47(38)31-48(39)53(46)34-24-22-33(23-25-34)51-43-19-11-8-16-35(43)36-17-9-12-20-44(36)51/h5-25,28-31H,26-27H2,1-4H3. The van der Waals surface area contributed by atoms with Gasteiger partial charge in [-0.2, -0.15) is 0 Å². The highest BCUT2D eigenvalue weighted by Crippen LogP contribution is 2.49. The summed E-state index contributed by atoms with van der Waals surface area (Å²) in [4.78, 5) is 0. The van der Waals surface area contributed by atoms with E-state index in [-0.39, 0.29) is 10.8 Å². The maximum Gasteiger partial charge on any atom is 0.0562 e. The molecule has 1 aliphatic carbocycles. The lowest BCUT2D eigenvalue weighted by Crippen LogP contribution is -2.33. The molecule has 7 aromatic carbocycles. The monoisotopic (exact) mass is 683 g/mol. The van der Waals surface area contributed by atoms with Crippen LogP contribution in [0, 0.1) is 0 Å². The third-order valence-electron chi connectivity index (χ3n) is 12.5. The molecule has 0 amide bonds. The predicted octanol–water partition coefficient (Wildman–Crippen LogP) is 13.3. The molecule has 1 aliphatic rings. The van der Waals surface area contributed by atoms with E-state index >= 15 is 0 Å². The number of hydrogen-bond acceptors (Lipinski definition) is 0. The minimum atomic E-state index is 0.103. The lowest BCUT2D eigenvalue weighted by molar-refractivity contribution is 0.332. The zero-order valence-corrected chi connectivity index (χ0v) is 30.7. The van der Waals surface area contributed by atoms with Gasteiger partial charge in [-0.1, -0.05) is 100 Å². The average molecular weight is 684 g/mol. The maximum atomic E-state index is 2.55. The second-order valence-electron chi connectivity index (χ2n) is 16.5. The summed E-state index contributed by atoms with van der Waals surface area (Å²) in [6.07, 6.45) is 2.37. The molecule has 3 heterocycles. The molecule has 10 aromatic rings. The van der Waals surface area contributed by atoms with Crippen LogP contribution in [0.3, 0.4) is 0 Å². The third-order valence-corrected chi connectivity index (χ3v) is 12.5. The summed E-state index contributed by atoms with van der Waals surface area (Å²) in [6.45, 7) is 9.74. The van der Waals surface area contributed by atoms with Crippen molar-refractivity contribution in [2.75, 3.05) is 0 Å². The Morgan fingerprint density at radius 1 is 0.321 bits per heavy atom. The van der Waals surface area contributed by atoms with Gasteiger partial charge in [0.2, 0.25) is 0 Å². The molecule has 0 fully saturated rings. The Kier molecular flexibility index (Phi) is 6.19. The van der Waals surface area contributed by atoms with E-state index in [0.29, 0.717) is 0 Å². The molecule has 0 atom stereocenters. The molecule has 0 unspecified atom stereocenters. The molecule has 53 heavy (non-hydrogen) atoms. The van der Waals surface area contributed by atoms with E-state index < -0.39 is 0 Å². The van der Waals surface area contributed by atoms with E-state index in [1.807, 2.05) is 0 Å². The molecule has 0 N–H and O–H groups in total. The lowest BCUT2D eigenvalue weighted by atomic mass is 9.63. The van der Waals surface area contributed by atoms with Gasteiger partial charge in [-0.05, 0) is 114 Å². The van der Waals surface area contributed by atoms with Crippen molar-refractivity contribution in [3.8, 4) is 17.1 Å². The molecular formula is C50H41N3. The largest absolute Gasteiger partial charge is 0.309 e. The summed E-state index contributed by atoms with van der Waals surface area (Å²) in [5, 5.41) is 7.76. The first-order valence-corrected chi connectivity index (χ1v) is 19.0. The van der Waals surface area contributed by atoms with E-state index in [2.05, 4.69) is 193 Å². The van der Waals surface area contributed by atoms with Crippen LogP contribution in [0.1, 0.15) is 51.7 Å². The van der Waals surface area contributed by atoms with Crippen LogP contribution in [0.4, 0.5) is 0 Å². The molecule has 0 radical (unpaired) electrons.